The van der Waals surface area contributed by atoms with E-state index in [2.05, 4.69) is 20.8 Å². The first-order valence-corrected chi connectivity index (χ1v) is 6.12. The number of alkyl halides is 3. The summed E-state index contributed by atoms with van der Waals surface area (Å²) in [7, 11) is 0. The van der Waals surface area contributed by atoms with E-state index in [1.165, 1.54) is 4.68 Å². The molecule has 0 saturated heterocycles. The summed E-state index contributed by atoms with van der Waals surface area (Å²) < 4.78 is 52.6. The van der Waals surface area contributed by atoms with E-state index < -0.39 is 23.5 Å². The second-order valence-electron chi connectivity index (χ2n) is 4.46. The second-order valence-corrected chi connectivity index (χ2v) is 4.46. The predicted octanol–water partition coefficient (Wildman–Crippen LogP) is 1.46. The molecular weight excluding hydrogens is 306 g/mol. The first kappa shape index (κ1) is 15.9. The van der Waals surface area contributed by atoms with Crippen molar-refractivity contribution in [3.05, 3.63) is 41.0 Å². The first-order chi connectivity index (χ1) is 10.3. The van der Waals surface area contributed by atoms with Crippen LogP contribution in [-0.4, -0.2) is 26.1 Å². The topological polar surface area (TPSA) is 72.7 Å². The number of amides is 1. The number of nitrogens with one attached hydrogen (secondary N) is 1. The van der Waals surface area contributed by atoms with Crippen LogP contribution >= 0.6 is 0 Å². The largest absolute Gasteiger partial charge is 0.416 e. The van der Waals surface area contributed by atoms with Crippen molar-refractivity contribution in [3.8, 4) is 0 Å². The Labute approximate surface area is 122 Å². The number of halogens is 4. The van der Waals surface area contributed by atoms with E-state index >= 15 is 0 Å². The summed E-state index contributed by atoms with van der Waals surface area (Å²) in [5.41, 5.74) is -1.35. The standard InChI is InChI=1S/C12H11F4N5O/c1-7-18-19-20-21(7)6-11(22)17-5-8-2-3-9(13)4-10(8)12(14,15)16/h2-4H,5-6H2,1H3,(H,17,22). The maximum absolute atomic E-state index is 13.0. The van der Waals surface area contributed by atoms with Crippen molar-refractivity contribution in [3.63, 3.8) is 0 Å². The minimum Gasteiger partial charge on any atom is -0.350 e. The molecule has 22 heavy (non-hydrogen) atoms. The van der Waals surface area contributed by atoms with Gasteiger partial charge in [-0.1, -0.05) is 6.07 Å². The maximum atomic E-state index is 13.0. The summed E-state index contributed by atoms with van der Waals surface area (Å²) in [6, 6.07) is 2.29. The van der Waals surface area contributed by atoms with Crippen LogP contribution in [0.2, 0.25) is 0 Å². The molecule has 0 radical (unpaired) electrons. The zero-order chi connectivity index (χ0) is 16.3. The highest BCUT2D eigenvalue weighted by molar-refractivity contribution is 5.75. The van der Waals surface area contributed by atoms with Gasteiger partial charge in [0.25, 0.3) is 0 Å². The van der Waals surface area contributed by atoms with Crippen LogP contribution in [0.1, 0.15) is 17.0 Å². The molecule has 1 N–H and O–H groups in total. The molecule has 2 rings (SSSR count). The molecule has 0 aliphatic carbocycles. The van der Waals surface area contributed by atoms with E-state index in [-0.39, 0.29) is 18.7 Å². The molecule has 118 valence electrons. The minimum absolute atomic E-state index is 0.221. The van der Waals surface area contributed by atoms with Crippen molar-refractivity contribution in [2.45, 2.75) is 26.2 Å². The van der Waals surface area contributed by atoms with E-state index in [4.69, 9.17) is 0 Å². The van der Waals surface area contributed by atoms with Gasteiger partial charge in [-0.15, -0.1) is 5.10 Å². The third kappa shape index (κ3) is 3.77. The molecule has 0 saturated carbocycles. The number of hydrogen-bond acceptors (Lipinski definition) is 4. The summed E-state index contributed by atoms with van der Waals surface area (Å²) in [5, 5.41) is 12.8. The van der Waals surface area contributed by atoms with Crippen molar-refractivity contribution in [2.24, 2.45) is 0 Å². The number of hydrogen-bond donors (Lipinski definition) is 1. The molecule has 1 heterocycles. The third-order valence-electron chi connectivity index (χ3n) is 2.86. The van der Waals surface area contributed by atoms with Crippen LogP contribution in [0, 0.1) is 12.7 Å². The van der Waals surface area contributed by atoms with Gasteiger partial charge in [0, 0.05) is 6.54 Å². The molecule has 6 nitrogen and oxygen atoms in total. The van der Waals surface area contributed by atoms with Gasteiger partial charge in [-0.05, 0) is 35.0 Å². The van der Waals surface area contributed by atoms with Crippen molar-refractivity contribution in [2.75, 3.05) is 0 Å². The van der Waals surface area contributed by atoms with Crippen LogP contribution in [0.25, 0.3) is 0 Å². The van der Waals surface area contributed by atoms with Crippen LogP contribution < -0.4 is 5.32 Å². The smallest absolute Gasteiger partial charge is 0.350 e. The number of benzene rings is 1. The summed E-state index contributed by atoms with van der Waals surface area (Å²) in [4.78, 5) is 11.7. The molecule has 2 aromatic rings. The predicted molar refractivity (Wildman–Crippen MR) is 65.8 cm³/mol. The maximum Gasteiger partial charge on any atom is 0.416 e. The van der Waals surface area contributed by atoms with E-state index in [0.29, 0.717) is 11.9 Å². The van der Waals surface area contributed by atoms with Crippen molar-refractivity contribution in [1.29, 1.82) is 0 Å². The van der Waals surface area contributed by atoms with Gasteiger partial charge in [-0.25, -0.2) is 9.07 Å². The molecule has 0 unspecified atom stereocenters. The summed E-state index contributed by atoms with van der Waals surface area (Å²) >= 11 is 0. The number of rotatable bonds is 4. The van der Waals surface area contributed by atoms with Crippen LogP contribution in [-0.2, 0) is 24.1 Å². The highest BCUT2D eigenvalue weighted by Gasteiger charge is 2.33. The molecular formula is C12H11F4N5O. The Morgan fingerprint density at radius 1 is 1.36 bits per heavy atom. The number of aryl methyl sites for hydroxylation is 1. The quantitative estimate of drug-likeness (QED) is 0.867. The molecule has 0 fully saturated rings. The van der Waals surface area contributed by atoms with Crippen LogP contribution in [0.15, 0.2) is 18.2 Å². The zero-order valence-corrected chi connectivity index (χ0v) is 11.4. The van der Waals surface area contributed by atoms with Crippen molar-refractivity contribution >= 4 is 5.91 Å². The second kappa shape index (κ2) is 6.08. The molecule has 1 aromatic carbocycles. The van der Waals surface area contributed by atoms with E-state index in [9.17, 15) is 22.4 Å². The number of carbonyl (C=O) groups excluding carboxylic acids is 1. The number of tetrazole rings is 1. The van der Waals surface area contributed by atoms with Gasteiger partial charge in [0.1, 0.15) is 18.2 Å². The Hall–Kier alpha value is -2.52. The van der Waals surface area contributed by atoms with Crippen molar-refractivity contribution < 1.29 is 22.4 Å². The fourth-order valence-corrected chi connectivity index (χ4v) is 1.75. The van der Waals surface area contributed by atoms with Gasteiger partial charge >= 0.3 is 6.18 Å². The Kier molecular flexibility index (Phi) is 4.38. The molecule has 0 spiro atoms. The monoisotopic (exact) mass is 317 g/mol. The summed E-state index contributed by atoms with van der Waals surface area (Å²) in [6.45, 7) is 0.978. The average Bonchev–Trinajstić information content (AvgIpc) is 2.82. The molecule has 1 amide bonds. The van der Waals surface area contributed by atoms with Gasteiger partial charge in [-0.3, -0.25) is 4.79 Å². The Balaban J connectivity index is 2.05. The van der Waals surface area contributed by atoms with E-state index in [0.717, 1.165) is 12.1 Å². The van der Waals surface area contributed by atoms with Gasteiger partial charge in [-0.2, -0.15) is 13.2 Å². The third-order valence-corrected chi connectivity index (χ3v) is 2.86. The minimum atomic E-state index is -4.70. The molecule has 0 bridgehead atoms. The lowest BCUT2D eigenvalue weighted by atomic mass is 10.1. The fraction of sp³-hybridized carbons (Fsp3) is 0.333. The van der Waals surface area contributed by atoms with Gasteiger partial charge < -0.3 is 5.32 Å². The molecule has 1 aromatic heterocycles. The molecule has 0 aliphatic rings. The lowest BCUT2D eigenvalue weighted by Crippen LogP contribution is -2.29. The Morgan fingerprint density at radius 2 is 2.09 bits per heavy atom. The molecule has 0 atom stereocenters. The van der Waals surface area contributed by atoms with Gasteiger partial charge in [0.2, 0.25) is 5.91 Å². The Bertz CT molecular complexity index is 682. The van der Waals surface area contributed by atoms with Crippen molar-refractivity contribution in [1.82, 2.24) is 25.5 Å². The molecule has 10 heteroatoms. The highest BCUT2D eigenvalue weighted by atomic mass is 19.4. The molecule has 0 aliphatic heterocycles. The van der Waals surface area contributed by atoms with E-state index in [1.54, 1.807) is 6.92 Å². The number of carbonyl (C=O) groups is 1. The fourth-order valence-electron chi connectivity index (χ4n) is 1.75. The van der Waals surface area contributed by atoms with Crippen LogP contribution in [0.3, 0.4) is 0 Å². The van der Waals surface area contributed by atoms with Gasteiger partial charge in [0.05, 0.1) is 5.56 Å². The summed E-state index contributed by atoms with van der Waals surface area (Å²) in [6.07, 6.45) is -4.70. The first-order valence-electron chi connectivity index (χ1n) is 6.12. The highest BCUT2D eigenvalue weighted by Crippen LogP contribution is 2.32. The number of aromatic nitrogens is 4. The zero-order valence-electron chi connectivity index (χ0n) is 11.4. The van der Waals surface area contributed by atoms with Crippen LogP contribution in [0.4, 0.5) is 17.6 Å². The summed E-state index contributed by atoms with van der Waals surface area (Å²) in [5.74, 6) is -1.16. The lowest BCUT2D eigenvalue weighted by Gasteiger charge is -2.13. The van der Waals surface area contributed by atoms with Crippen LogP contribution in [0.5, 0.6) is 0 Å². The number of nitrogens with zero attached hydrogens (tertiary/aromatic N) is 4. The Morgan fingerprint density at radius 3 is 2.68 bits per heavy atom. The van der Waals surface area contributed by atoms with E-state index in [1.807, 2.05) is 0 Å². The lowest BCUT2D eigenvalue weighted by molar-refractivity contribution is -0.138. The SMILES string of the molecule is Cc1nnnn1CC(=O)NCc1ccc(F)cc1C(F)(F)F. The van der Waals surface area contributed by atoms with Gasteiger partial charge in [0.15, 0.2) is 0 Å². The average molecular weight is 317 g/mol. The normalized spacial score (nSPS) is 11.5.